The van der Waals surface area contributed by atoms with Crippen molar-refractivity contribution in [1.82, 2.24) is 4.31 Å². The third kappa shape index (κ3) is 7.10. The summed E-state index contributed by atoms with van der Waals surface area (Å²) in [6, 6.07) is 5.84. The van der Waals surface area contributed by atoms with Gasteiger partial charge in [-0.25, -0.2) is 12.7 Å². The molecule has 0 aliphatic rings. The van der Waals surface area contributed by atoms with E-state index in [0.717, 1.165) is 4.31 Å². The molecule has 0 fully saturated rings. The zero-order valence-corrected chi connectivity index (χ0v) is 15.0. The van der Waals surface area contributed by atoms with Gasteiger partial charge in [0, 0.05) is 13.6 Å². The molecule has 24 heavy (non-hydrogen) atoms. The molecule has 0 unspecified atom stereocenters. The predicted molar refractivity (Wildman–Crippen MR) is 87.3 cm³/mol. The summed E-state index contributed by atoms with van der Waals surface area (Å²) in [7, 11) is -6.00. The molecule has 0 amide bonds. The molecule has 0 heterocycles. The van der Waals surface area contributed by atoms with Crippen LogP contribution < -0.4 is 4.18 Å². The number of alkyl halides is 2. The van der Waals surface area contributed by atoms with E-state index in [1.165, 1.54) is 31.3 Å². The minimum Gasteiger partial charge on any atom is -0.382 e. The summed E-state index contributed by atoms with van der Waals surface area (Å²) in [5.74, 6) is -0.616. The van der Waals surface area contributed by atoms with Crippen molar-refractivity contribution in [2.75, 3.05) is 31.9 Å². The van der Waals surface area contributed by atoms with E-state index in [4.69, 9.17) is 4.18 Å². The van der Waals surface area contributed by atoms with Crippen molar-refractivity contribution in [1.29, 1.82) is 0 Å². The third-order valence-corrected chi connectivity index (χ3v) is 6.21. The van der Waals surface area contributed by atoms with E-state index in [9.17, 15) is 25.6 Å². The van der Waals surface area contributed by atoms with Gasteiger partial charge in [-0.3, -0.25) is 8.78 Å². The van der Waals surface area contributed by atoms with E-state index < -0.39 is 39.2 Å². The van der Waals surface area contributed by atoms with Gasteiger partial charge in [0.25, 0.3) is 0 Å². The summed E-state index contributed by atoms with van der Waals surface area (Å²) < 4.78 is 76.9. The zero-order valence-electron chi connectivity index (χ0n) is 13.3. The maximum Gasteiger partial charge on any atom is 0.309 e. The number of hydrogen-bond donors (Lipinski definition) is 0. The average Bonchev–Trinajstić information content (AvgIpc) is 2.52. The number of benzene rings is 1. The van der Waals surface area contributed by atoms with Gasteiger partial charge in [-0.15, -0.1) is 0 Å². The second kappa shape index (κ2) is 9.28. The highest BCUT2D eigenvalue weighted by molar-refractivity contribution is 7.89. The Balaban J connectivity index is 2.68. The van der Waals surface area contributed by atoms with Gasteiger partial charge in [-0.2, -0.15) is 8.42 Å². The first-order valence-electron chi connectivity index (χ1n) is 7.27. The largest absolute Gasteiger partial charge is 0.382 e. The van der Waals surface area contributed by atoms with Crippen molar-refractivity contribution in [3.63, 3.8) is 0 Å². The summed E-state index contributed by atoms with van der Waals surface area (Å²) in [5, 5.41) is 0. The van der Waals surface area contributed by atoms with E-state index in [1.807, 2.05) is 0 Å². The number of hydrogen-bond acceptors (Lipinski definition) is 5. The van der Waals surface area contributed by atoms with Crippen LogP contribution in [0.5, 0.6) is 5.75 Å². The standard InChI is InChI=1S/C14H21F2NO5S2/c1-17(23(18,19)10-2-8-15)12-13-4-6-14(7-5-13)22-24(20,21)11-3-9-16/h4-7H,2-3,8-12H2,1H3. The summed E-state index contributed by atoms with van der Waals surface area (Å²) in [5.41, 5.74) is 0.620. The number of nitrogens with zero attached hydrogens (tertiary/aromatic N) is 1. The summed E-state index contributed by atoms with van der Waals surface area (Å²) in [4.78, 5) is 0. The Kier molecular flexibility index (Phi) is 8.04. The maximum atomic E-state index is 12.1. The van der Waals surface area contributed by atoms with Gasteiger partial charge < -0.3 is 4.18 Å². The van der Waals surface area contributed by atoms with Crippen LogP contribution in [0.2, 0.25) is 0 Å². The van der Waals surface area contributed by atoms with E-state index in [2.05, 4.69) is 0 Å². The van der Waals surface area contributed by atoms with Gasteiger partial charge in [-0.05, 0) is 30.5 Å². The molecule has 0 N–H and O–H groups in total. The number of rotatable bonds is 11. The molecule has 0 radical (unpaired) electrons. The van der Waals surface area contributed by atoms with Crippen LogP contribution in [-0.4, -0.2) is 53.0 Å². The Morgan fingerprint density at radius 3 is 2.04 bits per heavy atom. The molecule has 0 spiro atoms. The first kappa shape index (κ1) is 20.8. The van der Waals surface area contributed by atoms with Crippen molar-refractivity contribution >= 4 is 20.1 Å². The van der Waals surface area contributed by atoms with E-state index >= 15 is 0 Å². The van der Waals surface area contributed by atoms with Gasteiger partial charge >= 0.3 is 10.1 Å². The lowest BCUT2D eigenvalue weighted by molar-refractivity contribution is 0.450. The Morgan fingerprint density at radius 1 is 0.958 bits per heavy atom. The van der Waals surface area contributed by atoms with Crippen LogP contribution >= 0.6 is 0 Å². The quantitative estimate of drug-likeness (QED) is 0.543. The van der Waals surface area contributed by atoms with E-state index in [-0.39, 0.29) is 30.9 Å². The van der Waals surface area contributed by atoms with Gasteiger partial charge in [0.1, 0.15) is 5.75 Å². The second-order valence-corrected chi connectivity index (χ2v) is 9.03. The zero-order chi connectivity index (χ0) is 18.2. The van der Waals surface area contributed by atoms with Crippen molar-refractivity contribution in [3.8, 4) is 5.75 Å². The smallest absolute Gasteiger partial charge is 0.309 e. The van der Waals surface area contributed by atoms with Gasteiger partial charge in [0.2, 0.25) is 10.0 Å². The van der Waals surface area contributed by atoms with E-state index in [0.29, 0.717) is 5.56 Å². The first-order valence-corrected chi connectivity index (χ1v) is 10.5. The fraction of sp³-hybridized carbons (Fsp3) is 0.571. The predicted octanol–water partition coefficient (Wildman–Crippen LogP) is 1.88. The molecule has 1 rings (SSSR count). The Morgan fingerprint density at radius 2 is 1.50 bits per heavy atom. The highest BCUT2D eigenvalue weighted by atomic mass is 32.2. The average molecular weight is 385 g/mol. The van der Waals surface area contributed by atoms with E-state index in [1.54, 1.807) is 0 Å². The Hall–Kier alpha value is -1.26. The molecule has 10 heteroatoms. The minimum absolute atomic E-state index is 0.0593. The van der Waals surface area contributed by atoms with Crippen LogP contribution in [0, 0.1) is 0 Å². The molecule has 0 atom stereocenters. The van der Waals surface area contributed by atoms with Crippen LogP contribution in [0.3, 0.4) is 0 Å². The maximum absolute atomic E-state index is 12.1. The molecule has 0 saturated heterocycles. The molecule has 1 aromatic carbocycles. The molecule has 0 aliphatic carbocycles. The van der Waals surface area contributed by atoms with Gasteiger partial charge in [-0.1, -0.05) is 12.1 Å². The van der Waals surface area contributed by atoms with Crippen LogP contribution in [0.4, 0.5) is 8.78 Å². The normalized spacial score (nSPS) is 12.5. The van der Waals surface area contributed by atoms with Crippen molar-refractivity contribution in [2.24, 2.45) is 0 Å². The SMILES string of the molecule is CN(Cc1ccc(OS(=O)(=O)CCCF)cc1)S(=O)(=O)CCCF. The van der Waals surface area contributed by atoms with Gasteiger partial charge in [0.05, 0.1) is 24.9 Å². The molecular formula is C14H21F2NO5S2. The highest BCUT2D eigenvalue weighted by Crippen LogP contribution is 2.17. The molecule has 0 aliphatic heterocycles. The molecule has 6 nitrogen and oxygen atoms in total. The van der Waals surface area contributed by atoms with Crippen LogP contribution in [0.25, 0.3) is 0 Å². The first-order chi connectivity index (χ1) is 11.2. The number of halogens is 2. The summed E-state index contributed by atoms with van der Waals surface area (Å²) in [6.07, 6.45) is -0.196. The van der Waals surface area contributed by atoms with Crippen molar-refractivity contribution in [3.05, 3.63) is 29.8 Å². The molecule has 0 aromatic heterocycles. The molecule has 0 saturated carbocycles. The molecule has 1 aromatic rings. The topological polar surface area (TPSA) is 80.8 Å². The Labute approximate surface area is 141 Å². The fourth-order valence-corrected chi connectivity index (χ4v) is 3.90. The summed E-state index contributed by atoms with van der Waals surface area (Å²) >= 11 is 0. The third-order valence-electron chi connectivity index (χ3n) is 3.09. The van der Waals surface area contributed by atoms with Crippen LogP contribution in [0.1, 0.15) is 18.4 Å². The lowest BCUT2D eigenvalue weighted by Gasteiger charge is -2.17. The van der Waals surface area contributed by atoms with Crippen LogP contribution in [0.15, 0.2) is 24.3 Å². The van der Waals surface area contributed by atoms with Crippen molar-refractivity contribution in [2.45, 2.75) is 19.4 Å². The molecular weight excluding hydrogens is 364 g/mol. The Bertz CT molecular complexity index is 705. The van der Waals surface area contributed by atoms with Crippen molar-refractivity contribution < 1.29 is 29.8 Å². The fourth-order valence-electron chi connectivity index (χ4n) is 1.82. The lowest BCUT2D eigenvalue weighted by Crippen LogP contribution is -2.29. The number of sulfonamides is 1. The summed E-state index contributed by atoms with van der Waals surface area (Å²) in [6.45, 7) is -1.37. The highest BCUT2D eigenvalue weighted by Gasteiger charge is 2.18. The monoisotopic (exact) mass is 385 g/mol. The minimum atomic E-state index is -3.85. The molecule has 138 valence electrons. The van der Waals surface area contributed by atoms with Crippen LogP contribution in [-0.2, 0) is 26.7 Å². The molecule has 0 bridgehead atoms. The lowest BCUT2D eigenvalue weighted by atomic mass is 10.2. The van der Waals surface area contributed by atoms with Gasteiger partial charge in [0.15, 0.2) is 0 Å². The second-order valence-electron chi connectivity index (χ2n) is 5.15.